The highest BCUT2D eigenvalue weighted by atomic mass is 19.1. The van der Waals surface area contributed by atoms with Gasteiger partial charge >= 0.3 is 0 Å². The molecule has 0 aromatic heterocycles. The van der Waals surface area contributed by atoms with E-state index in [1.165, 1.54) is 12.1 Å². The van der Waals surface area contributed by atoms with Crippen LogP contribution in [0.1, 0.15) is 12.0 Å². The Kier molecular flexibility index (Phi) is 4.41. The van der Waals surface area contributed by atoms with Gasteiger partial charge in [-0.3, -0.25) is 0 Å². The summed E-state index contributed by atoms with van der Waals surface area (Å²) in [5, 5.41) is 3.59. The maximum absolute atomic E-state index is 12.5. The molecule has 0 bridgehead atoms. The molecule has 0 atom stereocenters. The zero-order valence-electron chi connectivity index (χ0n) is 7.74. The van der Waals surface area contributed by atoms with E-state index in [2.05, 4.69) is 17.9 Å². The van der Waals surface area contributed by atoms with Crippen LogP contribution in [0.2, 0.25) is 0 Å². The fourth-order valence-corrected chi connectivity index (χ4v) is 0.791. The van der Waals surface area contributed by atoms with Gasteiger partial charge in [0.2, 0.25) is 0 Å². The first-order valence-electron chi connectivity index (χ1n) is 4.27. The molecule has 0 amide bonds. The molecule has 0 aliphatic rings. The van der Waals surface area contributed by atoms with E-state index >= 15 is 0 Å². The summed E-state index contributed by atoms with van der Waals surface area (Å²) in [6.07, 6.45) is 5.12. The van der Waals surface area contributed by atoms with E-state index in [0.29, 0.717) is 12.2 Å². The van der Waals surface area contributed by atoms with Crippen molar-refractivity contribution < 1.29 is 9.23 Å². The lowest BCUT2D eigenvalue weighted by Crippen LogP contribution is -1.87. The highest BCUT2D eigenvalue weighted by molar-refractivity contribution is 5.78. The molecule has 1 radical (unpaired) electrons. The standard InChI is InChI=1S/C11H11FNO/c1-2-3-8-14-13-9-10-4-6-11(12)7-5-10/h2,4-7H,1,3,8H2. The van der Waals surface area contributed by atoms with Crippen LogP contribution in [0.25, 0.3) is 0 Å². The molecule has 3 heteroatoms. The number of halogens is 1. The topological polar surface area (TPSA) is 21.6 Å². The van der Waals surface area contributed by atoms with Crippen LogP contribution in [0.5, 0.6) is 0 Å². The summed E-state index contributed by atoms with van der Waals surface area (Å²) in [5.74, 6) is -0.275. The number of nitrogens with zero attached hydrogens (tertiary/aromatic N) is 1. The Balaban J connectivity index is 2.36. The van der Waals surface area contributed by atoms with Gasteiger partial charge in [-0.25, -0.2) is 4.39 Å². The smallest absolute Gasteiger partial charge is 0.139 e. The molecule has 1 aromatic rings. The van der Waals surface area contributed by atoms with Crippen molar-refractivity contribution in [3.63, 3.8) is 0 Å². The molecule has 0 heterocycles. The Morgan fingerprint density at radius 1 is 1.43 bits per heavy atom. The molecule has 0 aliphatic heterocycles. The molecule has 0 fully saturated rings. The number of benzene rings is 1. The van der Waals surface area contributed by atoms with E-state index in [4.69, 9.17) is 4.84 Å². The molecule has 0 spiro atoms. The molecule has 1 rings (SSSR count). The third-order valence-electron chi connectivity index (χ3n) is 1.50. The summed E-state index contributed by atoms with van der Waals surface area (Å²) < 4.78 is 12.5. The van der Waals surface area contributed by atoms with E-state index in [-0.39, 0.29) is 5.82 Å². The van der Waals surface area contributed by atoms with Crippen molar-refractivity contribution in [1.29, 1.82) is 0 Å². The van der Waals surface area contributed by atoms with E-state index in [0.717, 1.165) is 6.42 Å². The SMILES string of the molecule is C=CCCON=[C]c1ccc(F)cc1. The van der Waals surface area contributed by atoms with Crippen molar-refractivity contribution in [3.05, 3.63) is 48.3 Å². The number of hydrogen-bond acceptors (Lipinski definition) is 2. The van der Waals surface area contributed by atoms with Gasteiger partial charge in [-0.15, -0.1) is 6.58 Å². The molecular formula is C11H11FNO. The monoisotopic (exact) mass is 192 g/mol. The van der Waals surface area contributed by atoms with Crippen LogP contribution < -0.4 is 0 Å². The molecule has 0 unspecified atom stereocenters. The predicted molar refractivity (Wildman–Crippen MR) is 53.7 cm³/mol. The van der Waals surface area contributed by atoms with Crippen LogP contribution in [-0.4, -0.2) is 12.8 Å². The Hall–Kier alpha value is -1.64. The quantitative estimate of drug-likeness (QED) is 0.304. The van der Waals surface area contributed by atoms with Gasteiger partial charge in [0.05, 0.1) is 0 Å². The van der Waals surface area contributed by atoms with Gasteiger partial charge in [0.25, 0.3) is 0 Å². The van der Waals surface area contributed by atoms with Crippen molar-refractivity contribution in [2.24, 2.45) is 5.16 Å². The lowest BCUT2D eigenvalue weighted by Gasteiger charge is -1.94. The summed E-state index contributed by atoms with van der Waals surface area (Å²) in [4.78, 5) is 4.86. The molecule has 0 N–H and O–H groups in total. The summed E-state index contributed by atoms with van der Waals surface area (Å²) >= 11 is 0. The van der Waals surface area contributed by atoms with E-state index in [1.807, 2.05) is 0 Å². The van der Waals surface area contributed by atoms with Crippen molar-refractivity contribution in [2.75, 3.05) is 6.61 Å². The minimum atomic E-state index is -0.275. The van der Waals surface area contributed by atoms with Crippen LogP contribution >= 0.6 is 0 Å². The Morgan fingerprint density at radius 2 is 2.14 bits per heavy atom. The third-order valence-corrected chi connectivity index (χ3v) is 1.50. The zero-order valence-corrected chi connectivity index (χ0v) is 7.74. The van der Waals surface area contributed by atoms with Crippen molar-refractivity contribution in [1.82, 2.24) is 0 Å². The van der Waals surface area contributed by atoms with Crippen LogP contribution in [0.4, 0.5) is 4.39 Å². The fourth-order valence-electron chi connectivity index (χ4n) is 0.791. The van der Waals surface area contributed by atoms with Crippen LogP contribution in [0.3, 0.4) is 0 Å². The number of rotatable bonds is 5. The normalized spacial score (nSPS) is 10.4. The molecule has 0 aliphatic carbocycles. The lowest BCUT2D eigenvalue weighted by molar-refractivity contribution is 0.151. The Bertz CT molecular complexity index is 306. The first kappa shape index (κ1) is 10.4. The first-order valence-corrected chi connectivity index (χ1v) is 4.27. The highest BCUT2D eigenvalue weighted by Gasteiger charge is 1.90. The van der Waals surface area contributed by atoms with Crippen molar-refractivity contribution in [2.45, 2.75) is 6.42 Å². The van der Waals surface area contributed by atoms with Gasteiger partial charge in [0.15, 0.2) is 0 Å². The minimum Gasteiger partial charge on any atom is -0.395 e. The summed E-state index contributed by atoms with van der Waals surface area (Å²) in [7, 11) is 0. The summed E-state index contributed by atoms with van der Waals surface area (Å²) in [5.41, 5.74) is 0.685. The fraction of sp³-hybridized carbons (Fsp3) is 0.182. The average Bonchev–Trinajstić information content (AvgIpc) is 2.21. The second-order valence-electron chi connectivity index (χ2n) is 2.62. The van der Waals surface area contributed by atoms with E-state index < -0.39 is 0 Å². The van der Waals surface area contributed by atoms with E-state index in [9.17, 15) is 4.39 Å². The molecule has 14 heavy (non-hydrogen) atoms. The van der Waals surface area contributed by atoms with Crippen LogP contribution in [-0.2, 0) is 4.84 Å². The molecule has 2 nitrogen and oxygen atoms in total. The second kappa shape index (κ2) is 5.91. The van der Waals surface area contributed by atoms with Crippen LogP contribution in [0, 0.1) is 5.82 Å². The Morgan fingerprint density at radius 3 is 2.79 bits per heavy atom. The first-order chi connectivity index (χ1) is 6.83. The molecule has 0 saturated carbocycles. The average molecular weight is 192 g/mol. The molecular weight excluding hydrogens is 181 g/mol. The maximum Gasteiger partial charge on any atom is 0.139 e. The van der Waals surface area contributed by atoms with Crippen molar-refractivity contribution >= 4 is 6.21 Å². The number of hydrogen-bond donors (Lipinski definition) is 0. The van der Waals surface area contributed by atoms with Gasteiger partial charge < -0.3 is 4.84 Å². The highest BCUT2D eigenvalue weighted by Crippen LogP contribution is 1.99. The van der Waals surface area contributed by atoms with Gasteiger partial charge in [-0.2, -0.15) is 0 Å². The van der Waals surface area contributed by atoms with Crippen molar-refractivity contribution in [3.8, 4) is 0 Å². The minimum absolute atomic E-state index is 0.275. The Labute approximate surface area is 82.7 Å². The molecule has 1 aromatic carbocycles. The zero-order chi connectivity index (χ0) is 10.2. The summed E-state index contributed by atoms with van der Waals surface area (Å²) in [6, 6.07) is 5.86. The molecule has 0 saturated heterocycles. The third kappa shape index (κ3) is 3.85. The largest absolute Gasteiger partial charge is 0.395 e. The predicted octanol–water partition coefficient (Wildman–Crippen LogP) is 2.63. The van der Waals surface area contributed by atoms with Crippen LogP contribution in [0.15, 0.2) is 42.1 Å². The second-order valence-corrected chi connectivity index (χ2v) is 2.62. The summed E-state index contributed by atoms with van der Waals surface area (Å²) in [6.45, 7) is 4.03. The van der Waals surface area contributed by atoms with Gasteiger partial charge in [0, 0.05) is 12.0 Å². The lowest BCUT2D eigenvalue weighted by atomic mass is 10.2. The maximum atomic E-state index is 12.5. The van der Waals surface area contributed by atoms with Gasteiger partial charge in [0.1, 0.15) is 18.6 Å². The van der Waals surface area contributed by atoms with Gasteiger partial charge in [-0.1, -0.05) is 11.2 Å². The van der Waals surface area contributed by atoms with Gasteiger partial charge in [-0.05, 0) is 24.3 Å². The molecule has 73 valence electrons. The van der Waals surface area contributed by atoms with E-state index in [1.54, 1.807) is 18.2 Å².